The Bertz CT molecular complexity index is 1060. The Morgan fingerprint density at radius 2 is 1.83 bits per heavy atom. The van der Waals surface area contributed by atoms with Crippen LogP contribution in [0.4, 0.5) is 4.39 Å². The van der Waals surface area contributed by atoms with Gasteiger partial charge in [0.15, 0.2) is 0 Å². The largest absolute Gasteiger partial charge is 0.492 e. The monoisotopic (exact) mass is 410 g/mol. The molecule has 0 saturated carbocycles. The van der Waals surface area contributed by atoms with Gasteiger partial charge in [0.1, 0.15) is 24.0 Å². The summed E-state index contributed by atoms with van der Waals surface area (Å²) >= 11 is 0. The summed E-state index contributed by atoms with van der Waals surface area (Å²) < 4.78 is 20.4. The molecule has 0 aliphatic heterocycles. The first kappa shape index (κ1) is 21.2. The van der Waals surface area contributed by atoms with Gasteiger partial charge < -0.3 is 9.84 Å². The highest BCUT2D eigenvalue weighted by Gasteiger charge is 2.10. The molecule has 0 amide bonds. The Hall–Kier alpha value is -3.48. The predicted octanol–water partition coefficient (Wildman–Crippen LogP) is 3.71. The fraction of sp³-hybridized carbons (Fsp3) is 0.261. The third kappa shape index (κ3) is 5.53. The molecule has 0 fully saturated rings. The van der Waals surface area contributed by atoms with Gasteiger partial charge in [-0.2, -0.15) is 0 Å². The number of aromatic nitrogens is 2. The van der Waals surface area contributed by atoms with E-state index >= 15 is 0 Å². The van der Waals surface area contributed by atoms with Crippen LogP contribution >= 0.6 is 0 Å². The predicted molar refractivity (Wildman–Crippen MR) is 111 cm³/mol. The molecule has 0 bridgehead atoms. The fourth-order valence-electron chi connectivity index (χ4n) is 3.09. The van der Waals surface area contributed by atoms with E-state index in [0.717, 1.165) is 5.56 Å². The lowest BCUT2D eigenvalue weighted by atomic mass is 10.1. The summed E-state index contributed by atoms with van der Waals surface area (Å²) in [5.74, 6) is 0.118. The van der Waals surface area contributed by atoms with Crippen molar-refractivity contribution in [1.29, 1.82) is 0 Å². The molecule has 6 nitrogen and oxygen atoms in total. The number of carbonyl (C=O) groups is 1. The maximum absolute atomic E-state index is 13.1. The molecular weight excluding hydrogens is 387 g/mol. The van der Waals surface area contributed by atoms with Crippen molar-refractivity contribution in [3.63, 3.8) is 0 Å². The Balaban J connectivity index is 1.65. The number of halogens is 1. The summed E-state index contributed by atoms with van der Waals surface area (Å²) in [7, 11) is 0. The van der Waals surface area contributed by atoms with Crippen molar-refractivity contribution < 1.29 is 19.0 Å². The van der Waals surface area contributed by atoms with Crippen LogP contribution < -0.4 is 10.3 Å². The van der Waals surface area contributed by atoms with Crippen molar-refractivity contribution in [3.8, 4) is 17.0 Å². The molecule has 7 heteroatoms. The Kier molecular flexibility index (Phi) is 6.95. The minimum atomic E-state index is -0.827. The first-order chi connectivity index (χ1) is 14.5. The van der Waals surface area contributed by atoms with Crippen LogP contribution in [0.2, 0.25) is 0 Å². The molecular formula is C23H23FN2O4. The number of hydrogen-bond donors (Lipinski definition) is 1. The van der Waals surface area contributed by atoms with Gasteiger partial charge in [-0.25, -0.2) is 9.37 Å². The quantitative estimate of drug-likeness (QED) is 0.582. The highest BCUT2D eigenvalue weighted by molar-refractivity contribution is 5.67. The molecule has 1 N–H and O–H groups in total. The van der Waals surface area contributed by atoms with Crippen LogP contribution in [0.1, 0.15) is 24.7 Å². The summed E-state index contributed by atoms with van der Waals surface area (Å²) in [5.41, 5.74) is 1.95. The summed E-state index contributed by atoms with van der Waals surface area (Å²) in [6.45, 7) is 2.56. The number of ether oxygens (including phenoxy) is 1. The Morgan fingerprint density at radius 1 is 1.13 bits per heavy atom. The number of nitrogens with zero attached hydrogens (tertiary/aromatic N) is 2. The number of aliphatic carboxylic acids is 1. The number of carboxylic acids is 1. The zero-order valence-electron chi connectivity index (χ0n) is 16.7. The second-order valence-electron chi connectivity index (χ2n) is 6.79. The van der Waals surface area contributed by atoms with Crippen LogP contribution in [-0.4, -0.2) is 27.2 Å². The number of carboxylic acid groups (broad SMARTS) is 1. The second-order valence-corrected chi connectivity index (χ2v) is 6.79. The smallest absolute Gasteiger partial charge is 0.303 e. The molecule has 0 aliphatic carbocycles. The van der Waals surface area contributed by atoms with Crippen LogP contribution in [0.3, 0.4) is 0 Å². The number of rotatable bonds is 9. The van der Waals surface area contributed by atoms with Gasteiger partial charge in [-0.1, -0.05) is 19.1 Å². The minimum absolute atomic E-state index is 0.0871. The van der Waals surface area contributed by atoms with Crippen molar-refractivity contribution in [2.24, 2.45) is 0 Å². The average Bonchev–Trinajstić information content (AvgIpc) is 2.74. The zero-order valence-corrected chi connectivity index (χ0v) is 16.7. The molecule has 1 heterocycles. The highest BCUT2D eigenvalue weighted by atomic mass is 19.1. The zero-order chi connectivity index (χ0) is 21.5. The normalized spacial score (nSPS) is 10.7. The summed E-state index contributed by atoms with van der Waals surface area (Å²) in [6.07, 6.45) is 1.13. The Morgan fingerprint density at radius 3 is 2.47 bits per heavy atom. The van der Waals surface area contributed by atoms with Crippen LogP contribution in [0.15, 0.2) is 59.4 Å². The van der Waals surface area contributed by atoms with Crippen LogP contribution in [0, 0.1) is 5.82 Å². The lowest BCUT2D eigenvalue weighted by Crippen LogP contribution is -2.27. The van der Waals surface area contributed by atoms with E-state index in [2.05, 4.69) is 4.98 Å². The molecule has 156 valence electrons. The Labute approximate surface area is 173 Å². The third-order valence-electron chi connectivity index (χ3n) is 4.68. The van der Waals surface area contributed by atoms with Crippen LogP contribution in [0.25, 0.3) is 11.3 Å². The van der Waals surface area contributed by atoms with Crippen molar-refractivity contribution in [3.05, 3.63) is 82.2 Å². The molecule has 0 spiro atoms. The van der Waals surface area contributed by atoms with Gasteiger partial charge in [0.05, 0.1) is 12.2 Å². The van der Waals surface area contributed by atoms with E-state index in [0.29, 0.717) is 48.8 Å². The molecule has 3 rings (SSSR count). The molecule has 0 atom stereocenters. The molecule has 0 saturated heterocycles. The van der Waals surface area contributed by atoms with Gasteiger partial charge in [-0.05, 0) is 48.4 Å². The highest BCUT2D eigenvalue weighted by Crippen LogP contribution is 2.17. The van der Waals surface area contributed by atoms with E-state index in [1.165, 1.54) is 18.2 Å². The summed E-state index contributed by atoms with van der Waals surface area (Å²) in [4.78, 5) is 27.8. The van der Waals surface area contributed by atoms with E-state index in [4.69, 9.17) is 9.84 Å². The van der Waals surface area contributed by atoms with Gasteiger partial charge in [0.25, 0.3) is 5.56 Å². The average molecular weight is 410 g/mol. The summed E-state index contributed by atoms with van der Waals surface area (Å²) in [6, 6.07) is 14.6. The van der Waals surface area contributed by atoms with Crippen LogP contribution in [0.5, 0.6) is 5.75 Å². The number of benzene rings is 2. The molecule has 0 radical (unpaired) electrons. The first-order valence-electron chi connectivity index (χ1n) is 9.76. The number of aryl methyl sites for hydroxylation is 2. The van der Waals surface area contributed by atoms with Gasteiger partial charge in [-0.3, -0.25) is 14.2 Å². The van der Waals surface area contributed by atoms with E-state index in [1.807, 2.05) is 19.1 Å². The van der Waals surface area contributed by atoms with E-state index in [1.54, 1.807) is 28.8 Å². The van der Waals surface area contributed by atoms with Gasteiger partial charge in [0.2, 0.25) is 0 Å². The first-order valence-corrected chi connectivity index (χ1v) is 9.76. The molecule has 3 aromatic rings. The van der Waals surface area contributed by atoms with Crippen molar-refractivity contribution >= 4 is 5.97 Å². The molecule has 2 aromatic carbocycles. The van der Waals surface area contributed by atoms with E-state index in [-0.39, 0.29) is 17.8 Å². The van der Waals surface area contributed by atoms with Crippen molar-refractivity contribution in [2.45, 2.75) is 32.7 Å². The van der Waals surface area contributed by atoms with Gasteiger partial charge in [-0.15, -0.1) is 0 Å². The maximum Gasteiger partial charge on any atom is 0.303 e. The second kappa shape index (κ2) is 9.82. The summed E-state index contributed by atoms with van der Waals surface area (Å²) in [5, 5.41) is 8.74. The third-order valence-corrected chi connectivity index (χ3v) is 4.68. The fourth-order valence-corrected chi connectivity index (χ4v) is 3.09. The van der Waals surface area contributed by atoms with Gasteiger partial charge >= 0.3 is 5.97 Å². The van der Waals surface area contributed by atoms with Crippen LogP contribution in [-0.2, 0) is 24.2 Å². The lowest BCUT2D eigenvalue weighted by molar-refractivity contribution is -0.136. The number of hydrogen-bond acceptors (Lipinski definition) is 4. The van der Waals surface area contributed by atoms with Gasteiger partial charge in [0, 0.05) is 24.5 Å². The maximum atomic E-state index is 13.1. The standard InChI is InChI=1S/C23H23FN2O4/c1-2-21-25-20(17-6-8-18(24)9-7-17)15-22(27)26(21)13-14-30-19-10-3-16(4-11-19)5-12-23(28)29/h3-4,6-11,15H,2,5,12-14H2,1H3,(H,28,29). The molecule has 0 aliphatic rings. The molecule has 1 aromatic heterocycles. The topological polar surface area (TPSA) is 81.4 Å². The molecule has 0 unspecified atom stereocenters. The van der Waals surface area contributed by atoms with E-state index < -0.39 is 5.97 Å². The van der Waals surface area contributed by atoms with Crippen molar-refractivity contribution in [1.82, 2.24) is 9.55 Å². The lowest BCUT2D eigenvalue weighted by Gasteiger charge is -2.13. The molecule has 30 heavy (non-hydrogen) atoms. The SMILES string of the molecule is CCc1nc(-c2ccc(F)cc2)cc(=O)n1CCOc1ccc(CCC(=O)O)cc1. The minimum Gasteiger partial charge on any atom is -0.492 e. The van der Waals surface area contributed by atoms with Crippen molar-refractivity contribution in [2.75, 3.05) is 6.61 Å². The van der Waals surface area contributed by atoms with E-state index in [9.17, 15) is 14.0 Å².